The van der Waals surface area contributed by atoms with Gasteiger partial charge in [0.2, 0.25) is 0 Å². The maximum atomic E-state index is 8.89. The van der Waals surface area contributed by atoms with E-state index >= 15 is 0 Å². The van der Waals surface area contributed by atoms with E-state index in [9.17, 15) is 0 Å². The Labute approximate surface area is 156 Å². The van der Waals surface area contributed by atoms with Crippen molar-refractivity contribution in [2.24, 2.45) is 0 Å². The molecule has 4 rings (SSSR count). The quantitative estimate of drug-likeness (QED) is 0.729. The highest BCUT2D eigenvalue weighted by Gasteiger charge is 2.12. The zero-order chi connectivity index (χ0) is 18.6. The lowest BCUT2D eigenvalue weighted by molar-refractivity contribution is 0.171. The third-order valence-corrected chi connectivity index (χ3v) is 3.94. The lowest BCUT2D eigenvalue weighted by Gasteiger charge is -2.19. The highest BCUT2D eigenvalue weighted by atomic mass is 16.6. The van der Waals surface area contributed by atoms with E-state index in [1.54, 1.807) is 12.1 Å². The van der Waals surface area contributed by atoms with Crippen molar-refractivity contribution in [1.82, 2.24) is 9.97 Å². The second kappa shape index (κ2) is 7.22. The first kappa shape index (κ1) is 16.7. The number of fused-ring (bicyclic) bond motifs is 1. The molecule has 1 aromatic heterocycles. The predicted octanol–water partition coefficient (Wildman–Crippen LogP) is 3.92. The van der Waals surface area contributed by atoms with Gasteiger partial charge in [-0.15, -0.1) is 0 Å². The number of hydrogen-bond acceptors (Lipinski definition) is 7. The fraction of sp³-hybridized carbons (Fsp3) is 0.150. The summed E-state index contributed by atoms with van der Waals surface area (Å²) in [7, 11) is 0. The summed E-state index contributed by atoms with van der Waals surface area (Å²) in [5.41, 5.74) is 2.31. The highest BCUT2D eigenvalue weighted by Crippen LogP contribution is 2.33. The van der Waals surface area contributed by atoms with Gasteiger partial charge >= 0.3 is 0 Å². The molecule has 2 N–H and O–H groups in total. The van der Waals surface area contributed by atoms with Crippen molar-refractivity contribution < 1.29 is 9.47 Å². The van der Waals surface area contributed by atoms with Crippen LogP contribution in [0.15, 0.2) is 48.5 Å². The number of aryl methyl sites for hydroxylation is 1. The average molecular weight is 359 g/mol. The first-order chi connectivity index (χ1) is 13.2. The van der Waals surface area contributed by atoms with Gasteiger partial charge in [0.05, 0.1) is 11.6 Å². The van der Waals surface area contributed by atoms with Gasteiger partial charge in [-0.3, -0.25) is 0 Å². The van der Waals surface area contributed by atoms with Crippen LogP contribution in [0.25, 0.3) is 0 Å². The van der Waals surface area contributed by atoms with E-state index in [1.807, 2.05) is 43.3 Å². The summed E-state index contributed by atoms with van der Waals surface area (Å²) in [4.78, 5) is 8.84. The van der Waals surface area contributed by atoms with Crippen molar-refractivity contribution in [3.05, 3.63) is 59.9 Å². The Bertz CT molecular complexity index is 1010. The molecular weight excluding hydrogens is 342 g/mol. The van der Waals surface area contributed by atoms with Crippen LogP contribution >= 0.6 is 0 Å². The molecule has 0 amide bonds. The van der Waals surface area contributed by atoms with Gasteiger partial charge in [-0.05, 0) is 43.3 Å². The Kier molecular flexibility index (Phi) is 4.45. The maximum Gasteiger partial charge on any atom is 0.163 e. The number of nitriles is 1. The van der Waals surface area contributed by atoms with Gasteiger partial charge in [0.1, 0.15) is 30.7 Å². The molecule has 27 heavy (non-hydrogen) atoms. The lowest BCUT2D eigenvalue weighted by atomic mass is 10.2. The molecule has 0 aliphatic carbocycles. The van der Waals surface area contributed by atoms with Crippen molar-refractivity contribution in [3.8, 4) is 17.6 Å². The highest BCUT2D eigenvalue weighted by molar-refractivity contribution is 5.65. The molecule has 0 spiro atoms. The SMILES string of the molecule is Cc1nc(Nc2ccc(C#N)cc2)cc(Nc2ccc3c(c2)OCCO3)n1. The molecule has 0 unspecified atom stereocenters. The van der Waals surface area contributed by atoms with Gasteiger partial charge in [-0.2, -0.15) is 5.26 Å². The van der Waals surface area contributed by atoms with Crippen molar-refractivity contribution in [2.45, 2.75) is 6.92 Å². The molecule has 0 saturated heterocycles. The number of aromatic nitrogens is 2. The zero-order valence-corrected chi connectivity index (χ0v) is 14.7. The number of ether oxygens (including phenoxy) is 2. The van der Waals surface area contributed by atoms with Crippen molar-refractivity contribution in [3.63, 3.8) is 0 Å². The Morgan fingerprint density at radius 3 is 2.19 bits per heavy atom. The lowest BCUT2D eigenvalue weighted by Crippen LogP contribution is -2.15. The fourth-order valence-corrected chi connectivity index (χ4v) is 2.74. The molecule has 1 aliphatic rings. The molecule has 3 aromatic rings. The van der Waals surface area contributed by atoms with Gasteiger partial charge < -0.3 is 20.1 Å². The molecule has 0 bridgehead atoms. The number of nitrogens with one attached hydrogen (secondary N) is 2. The summed E-state index contributed by atoms with van der Waals surface area (Å²) in [6.45, 7) is 2.94. The number of hydrogen-bond donors (Lipinski definition) is 2. The smallest absolute Gasteiger partial charge is 0.163 e. The molecule has 2 aromatic carbocycles. The molecule has 0 saturated carbocycles. The topological polar surface area (TPSA) is 92.1 Å². The summed E-state index contributed by atoms with van der Waals surface area (Å²) >= 11 is 0. The van der Waals surface area contributed by atoms with Crippen molar-refractivity contribution >= 4 is 23.0 Å². The van der Waals surface area contributed by atoms with Crippen LogP contribution in [0.5, 0.6) is 11.5 Å². The molecule has 134 valence electrons. The van der Waals surface area contributed by atoms with Crippen LogP contribution in [0.4, 0.5) is 23.0 Å². The summed E-state index contributed by atoms with van der Waals surface area (Å²) < 4.78 is 11.2. The summed E-state index contributed by atoms with van der Waals surface area (Å²) in [5, 5.41) is 15.4. The second-order valence-corrected chi connectivity index (χ2v) is 5.98. The van der Waals surface area contributed by atoms with E-state index in [1.165, 1.54) is 0 Å². The molecule has 7 heteroatoms. The Balaban J connectivity index is 1.54. The van der Waals surface area contributed by atoms with Gasteiger partial charge in [-0.25, -0.2) is 9.97 Å². The fourth-order valence-electron chi connectivity index (χ4n) is 2.74. The molecule has 0 atom stereocenters. The van der Waals surface area contributed by atoms with Gasteiger partial charge in [0.25, 0.3) is 0 Å². The van der Waals surface area contributed by atoms with Crippen LogP contribution in [0.3, 0.4) is 0 Å². The molecule has 7 nitrogen and oxygen atoms in total. The third-order valence-electron chi connectivity index (χ3n) is 3.94. The van der Waals surface area contributed by atoms with E-state index in [0.717, 1.165) is 17.1 Å². The Morgan fingerprint density at radius 1 is 0.852 bits per heavy atom. The molecular formula is C20H17N5O2. The first-order valence-electron chi connectivity index (χ1n) is 8.49. The van der Waals surface area contributed by atoms with Crippen molar-refractivity contribution in [1.29, 1.82) is 5.26 Å². The first-order valence-corrected chi connectivity index (χ1v) is 8.49. The van der Waals surface area contributed by atoms with E-state index in [4.69, 9.17) is 14.7 Å². The predicted molar refractivity (Wildman–Crippen MR) is 102 cm³/mol. The van der Waals surface area contributed by atoms with E-state index < -0.39 is 0 Å². The van der Waals surface area contributed by atoms with Gasteiger partial charge in [0.15, 0.2) is 11.5 Å². The monoisotopic (exact) mass is 359 g/mol. The standard InChI is InChI=1S/C20H17N5O2/c1-13-22-19(24-15-4-2-14(12-21)3-5-15)11-20(23-13)25-16-6-7-17-18(10-16)27-9-8-26-17/h2-7,10-11H,8-9H2,1H3,(H2,22,23,24,25). The number of benzene rings is 2. The summed E-state index contributed by atoms with van der Waals surface area (Å²) in [6, 6.07) is 16.8. The number of rotatable bonds is 4. The largest absolute Gasteiger partial charge is 0.486 e. The minimum Gasteiger partial charge on any atom is -0.486 e. The van der Waals surface area contributed by atoms with E-state index in [0.29, 0.717) is 42.0 Å². The van der Waals surface area contributed by atoms with Gasteiger partial charge in [-0.1, -0.05) is 0 Å². The molecule has 2 heterocycles. The minimum atomic E-state index is 0.543. The Hall–Kier alpha value is -3.79. The summed E-state index contributed by atoms with van der Waals surface area (Å²) in [6.07, 6.45) is 0. The molecule has 0 radical (unpaired) electrons. The minimum absolute atomic E-state index is 0.543. The second-order valence-electron chi connectivity index (χ2n) is 5.98. The Morgan fingerprint density at radius 2 is 1.48 bits per heavy atom. The maximum absolute atomic E-state index is 8.89. The molecule has 0 fully saturated rings. The van der Waals surface area contributed by atoms with Crippen LogP contribution < -0.4 is 20.1 Å². The van der Waals surface area contributed by atoms with Gasteiger partial charge in [0, 0.05) is 23.5 Å². The van der Waals surface area contributed by atoms with Crippen LogP contribution in [0.2, 0.25) is 0 Å². The normalized spacial score (nSPS) is 12.1. The van der Waals surface area contributed by atoms with Crippen molar-refractivity contribution in [2.75, 3.05) is 23.8 Å². The van der Waals surface area contributed by atoms with Crippen LogP contribution in [-0.2, 0) is 0 Å². The number of anilines is 4. The molecule has 1 aliphatic heterocycles. The number of nitrogens with zero attached hydrogens (tertiary/aromatic N) is 3. The zero-order valence-electron chi connectivity index (χ0n) is 14.7. The van der Waals surface area contributed by atoms with Crippen LogP contribution in [0.1, 0.15) is 11.4 Å². The van der Waals surface area contributed by atoms with Crippen LogP contribution in [-0.4, -0.2) is 23.2 Å². The summed E-state index contributed by atoms with van der Waals surface area (Å²) in [5.74, 6) is 3.41. The van der Waals surface area contributed by atoms with Crippen LogP contribution in [0, 0.1) is 18.3 Å². The third kappa shape index (κ3) is 3.90. The van der Waals surface area contributed by atoms with E-state index in [-0.39, 0.29) is 0 Å². The van der Waals surface area contributed by atoms with E-state index in [2.05, 4.69) is 26.7 Å². The average Bonchev–Trinajstić information content (AvgIpc) is 2.68.